The highest BCUT2D eigenvalue weighted by Gasteiger charge is 2.26. The monoisotopic (exact) mass is 555 g/mol. The molecule has 0 bridgehead atoms. The van der Waals surface area contributed by atoms with Gasteiger partial charge in [-0.15, -0.1) is 11.8 Å². The van der Waals surface area contributed by atoms with Crippen LogP contribution in [0.1, 0.15) is 63.9 Å². The van der Waals surface area contributed by atoms with E-state index in [4.69, 9.17) is 9.47 Å². The van der Waals surface area contributed by atoms with Crippen LogP contribution in [-0.4, -0.2) is 40.4 Å². The molecule has 0 aromatic heterocycles. The summed E-state index contributed by atoms with van der Waals surface area (Å²) in [7, 11) is -2.25. The van der Waals surface area contributed by atoms with Crippen molar-refractivity contribution in [3.8, 4) is 5.75 Å². The van der Waals surface area contributed by atoms with Gasteiger partial charge in [0.05, 0.1) is 34.4 Å². The SMILES string of the molecule is CCOC(=O)CSc1cc(N(C)S(=O)(=O)c2ccc(C3CCCCCC3)cc2)c2ccccc2c1OCC. The van der Waals surface area contributed by atoms with Gasteiger partial charge in [-0.1, -0.05) is 62.1 Å². The van der Waals surface area contributed by atoms with Crippen molar-refractivity contribution in [2.75, 3.05) is 30.3 Å². The number of esters is 1. The Morgan fingerprint density at radius 3 is 2.24 bits per heavy atom. The molecule has 4 rings (SSSR count). The molecule has 0 unspecified atom stereocenters. The van der Waals surface area contributed by atoms with E-state index in [9.17, 15) is 13.2 Å². The minimum Gasteiger partial charge on any atom is -0.492 e. The summed E-state index contributed by atoms with van der Waals surface area (Å²) in [6, 6.07) is 16.8. The van der Waals surface area contributed by atoms with Gasteiger partial charge in [0.2, 0.25) is 0 Å². The molecular weight excluding hydrogens is 518 g/mol. The van der Waals surface area contributed by atoms with E-state index in [1.807, 2.05) is 43.3 Å². The maximum absolute atomic E-state index is 13.8. The quantitative estimate of drug-likeness (QED) is 0.150. The molecule has 1 saturated carbocycles. The zero-order valence-corrected chi connectivity index (χ0v) is 24.1. The number of hydrogen-bond acceptors (Lipinski definition) is 6. The third kappa shape index (κ3) is 6.29. The number of hydrogen-bond donors (Lipinski definition) is 0. The minimum absolute atomic E-state index is 0.102. The van der Waals surface area contributed by atoms with Gasteiger partial charge in [0, 0.05) is 17.8 Å². The number of anilines is 1. The molecule has 0 atom stereocenters. The van der Waals surface area contributed by atoms with Crippen LogP contribution in [0.5, 0.6) is 5.75 Å². The third-order valence-electron chi connectivity index (χ3n) is 7.08. The first-order valence-corrected chi connectivity index (χ1v) is 15.8. The first-order valence-electron chi connectivity index (χ1n) is 13.4. The Bertz CT molecular complexity index is 1350. The second kappa shape index (κ2) is 12.9. The van der Waals surface area contributed by atoms with Crippen LogP contribution in [-0.2, 0) is 19.6 Å². The second-order valence-electron chi connectivity index (χ2n) is 9.53. The summed E-state index contributed by atoms with van der Waals surface area (Å²) in [4.78, 5) is 13.0. The standard InChI is InChI=1S/C30H37NO5S2/c1-4-35-29(32)21-37-28-20-27(25-14-10-11-15-26(25)30(28)36-5-2)31(3)38(33,34)24-18-16-23(17-19-24)22-12-8-6-7-9-13-22/h10-11,14-20,22H,4-9,12-13,21H2,1-3H3. The van der Waals surface area contributed by atoms with Crippen molar-refractivity contribution in [3.05, 3.63) is 60.2 Å². The molecule has 1 aliphatic carbocycles. The number of carbonyl (C=O) groups is 1. The molecule has 0 heterocycles. The number of benzene rings is 3. The molecule has 0 saturated heterocycles. The smallest absolute Gasteiger partial charge is 0.316 e. The summed E-state index contributed by atoms with van der Waals surface area (Å²) in [6.07, 6.45) is 7.35. The van der Waals surface area contributed by atoms with Crippen molar-refractivity contribution in [1.82, 2.24) is 0 Å². The fourth-order valence-corrected chi connectivity index (χ4v) is 7.18. The minimum atomic E-state index is -3.83. The van der Waals surface area contributed by atoms with Crippen molar-refractivity contribution in [1.29, 1.82) is 0 Å². The van der Waals surface area contributed by atoms with Gasteiger partial charge < -0.3 is 9.47 Å². The van der Waals surface area contributed by atoms with Gasteiger partial charge in [-0.25, -0.2) is 8.42 Å². The average molecular weight is 556 g/mol. The Hall–Kier alpha value is -2.71. The maximum Gasteiger partial charge on any atom is 0.316 e. The highest BCUT2D eigenvalue weighted by molar-refractivity contribution is 8.00. The molecule has 38 heavy (non-hydrogen) atoms. The van der Waals surface area contributed by atoms with Gasteiger partial charge in [-0.05, 0) is 56.4 Å². The summed E-state index contributed by atoms with van der Waals surface area (Å²) in [5.41, 5.74) is 1.75. The maximum atomic E-state index is 13.8. The molecule has 8 heteroatoms. The molecule has 204 valence electrons. The first kappa shape index (κ1) is 28.3. The highest BCUT2D eigenvalue weighted by Crippen LogP contribution is 2.43. The van der Waals surface area contributed by atoms with Crippen LogP contribution in [0.3, 0.4) is 0 Å². The lowest BCUT2D eigenvalue weighted by atomic mass is 9.92. The molecule has 0 aliphatic heterocycles. The van der Waals surface area contributed by atoms with Crippen LogP contribution in [0.2, 0.25) is 0 Å². The normalized spacial score (nSPS) is 14.7. The van der Waals surface area contributed by atoms with E-state index in [2.05, 4.69) is 0 Å². The fraction of sp³-hybridized carbons (Fsp3) is 0.433. The molecule has 1 fully saturated rings. The Labute approximate surface area is 230 Å². The van der Waals surface area contributed by atoms with Crippen LogP contribution in [0.15, 0.2) is 64.4 Å². The molecule has 0 radical (unpaired) electrons. The van der Waals surface area contributed by atoms with E-state index >= 15 is 0 Å². The number of nitrogens with zero attached hydrogens (tertiary/aromatic N) is 1. The summed E-state index contributed by atoms with van der Waals surface area (Å²) in [5.74, 6) is 0.912. The average Bonchev–Trinajstić information content (AvgIpc) is 3.22. The van der Waals surface area contributed by atoms with Crippen LogP contribution in [0.25, 0.3) is 10.8 Å². The molecule has 3 aromatic rings. The van der Waals surface area contributed by atoms with Gasteiger partial charge in [0.25, 0.3) is 10.0 Å². The number of carbonyl (C=O) groups excluding carboxylic acids is 1. The van der Waals surface area contributed by atoms with E-state index in [1.54, 1.807) is 32.2 Å². The van der Waals surface area contributed by atoms with Crippen LogP contribution in [0.4, 0.5) is 5.69 Å². The van der Waals surface area contributed by atoms with E-state index in [0.717, 1.165) is 23.6 Å². The van der Waals surface area contributed by atoms with Crippen LogP contribution < -0.4 is 9.04 Å². The Morgan fingerprint density at radius 1 is 0.947 bits per heavy atom. The van der Waals surface area contributed by atoms with E-state index < -0.39 is 10.0 Å². The highest BCUT2D eigenvalue weighted by atomic mass is 32.2. The number of sulfonamides is 1. The molecular formula is C30H37NO5S2. The Kier molecular flexibility index (Phi) is 9.60. The van der Waals surface area contributed by atoms with E-state index in [0.29, 0.717) is 35.5 Å². The van der Waals surface area contributed by atoms with Crippen molar-refractivity contribution < 1.29 is 22.7 Å². The number of ether oxygens (including phenoxy) is 2. The predicted octanol–water partition coefficient (Wildman–Crippen LogP) is 7.16. The number of fused-ring (bicyclic) bond motifs is 1. The Morgan fingerprint density at radius 2 is 1.61 bits per heavy atom. The molecule has 6 nitrogen and oxygen atoms in total. The first-order chi connectivity index (χ1) is 18.4. The summed E-state index contributed by atoms with van der Waals surface area (Å²) in [5, 5.41) is 1.56. The molecule has 0 spiro atoms. The lowest BCUT2D eigenvalue weighted by molar-refractivity contribution is -0.139. The van der Waals surface area contributed by atoms with Crippen molar-refractivity contribution in [3.63, 3.8) is 0 Å². The summed E-state index contributed by atoms with van der Waals surface area (Å²) >= 11 is 1.29. The van der Waals surface area contributed by atoms with Crippen molar-refractivity contribution in [2.45, 2.75) is 68.1 Å². The number of thioether (sulfide) groups is 1. The number of rotatable bonds is 10. The second-order valence-corrected chi connectivity index (χ2v) is 12.5. The van der Waals surface area contributed by atoms with Gasteiger partial charge >= 0.3 is 5.97 Å². The van der Waals surface area contributed by atoms with Crippen LogP contribution >= 0.6 is 11.8 Å². The topological polar surface area (TPSA) is 72.9 Å². The Balaban J connectivity index is 1.70. The largest absolute Gasteiger partial charge is 0.492 e. The van der Waals surface area contributed by atoms with Gasteiger partial charge in [-0.3, -0.25) is 9.10 Å². The zero-order chi connectivity index (χ0) is 27.1. The van der Waals surface area contributed by atoms with Crippen LogP contribution in [0, 0.1) is 0 Å². The third-order valence-corrected chi connectivity index (χ3v) is 9.86. The summed E-state index contributed by atoms with van der Waals surface area (Å²) in [6.45, 7) is 4.42. The van der Waals surface area contributed by atoms with Crippen molar-refractivity contribution >= 4 is 44.2 Å². The summed E-state index contributed by atoms with van der Waals surface area (Å²) < 4.78 is 40.0. The van der Waals surface area contributed by atoms with E-state index in [-0.39, 0.29) is 16.6 Å². The van der Waals surface area contributed by atoms with Gasteiger partial charge in [0.15, 0.2) is 0 Å². The predicted molar refractivity (Wildman–Crippen MR) is 155 cm³/mol. The molecule has 0 N–H and O–H groups in total. The fourth-order valence-electron chi connectivity index (χ4n) is 5.12. The lowest BCUT2D eigenvalue weighted by Gasteiger charge is -2.24. The van der Waals surface area contributed by atoms with Gasteiger partial charge in [0.1, 0.15) is 5.75 Å². The zero-order valence-electron chi connectivity index (χ0n) is 22.4. The van der Waals surface area contributed by atoms with E-state index in [1.165, 1.54) is 47.3 Å². The van der Waals surface area contributed by atoms with Crippen molar-refractivity contribution in [2.24, 2.45) is 0 Å². The lowest BCUT2D eigenvalue weighted by Crippen LogP contribution is -2.27. The molecule has 3 aromatic carbocycles. The van der Waals surface area contributed by atoms with Gasteiger partial charge in [-0.2, -0.15) is 0 Å². The molecule has 1 aliphatic rings. The molecule has 0 amide bonds.